The molecule has 1 atom stereocenters. The van der Waals surface area contributed by atoms with E-state index in [0.717, 1.165) is 10.0 Å². The highest BCUT2D eigenvalue weighted by atomic mass is 79.9. The van der Waals surface area contributed by atoms with E-state index in [4.69, 9.17) is 0 Å². The summed E-state index contributed by atoms with van der Waals surface area (Å²) in [6.07, 6.45) is 0.0227. The Balaban J connectivity index is 2.98. The van der Waals surface area contributed by atoms with E-state index in [9.17, 15) is 14.4 Å². The van der Waals surface area contributed by atoms with Gasteiger partial charge in [0.25, 0.3) is 0 Å². The van der Waals surface area contributed by atoms with Crippen molar-refractivity contribution in [3.63, 3.8) is 0 Å². The summed E-state index contributed by atoms with van der Waals surface area (Å²) in [5, 5.41) is 0. The Morgan fingerprint density at radius 1 is 1.14 bits per heavy atom. The van der Waals surface area contributed by atoms with Gasteiger partial charge in [-0.15, -0.1) is 0 Å². The molecule has 0 aromatic heterocycles. The van der Waals surface area contributed by atoms with Crippen LogP contribution in [0.3, 0.4) is 0 Å². The summed E-state index contributed by atoms with van der Waals surface area (Å²) in [7, 11) is 1.18. The molecule has 5 heteroatoms. The van der Waals surface area contributed by atoms with Crippen LogP contribution in [0.15, 0.2) is 28.7 Å². The van der Waals surface area contributed by atoms with Gasteiger partial charge in [-0.2, -0.15) is 0 Å². The maximum absolute atomic E-state index is 12.4. The lowest BCUT2D eigenvalue weighted by atomic mass is 9.80. The molecule has 0 aliphatic rings. The molecule has 0 saturated heterocycles. The molecule has 0 N–H and O–H groups in total. The third kappa shape index (κ3) is 4.77. The van der Waals surface area contributed by atoms with Gasteiger partial charge < -0.3 is 4.74 Å². The molecule has 0 saturated carbocycles. The largest absolute Gasteiger partial charge is 0.468 e. The summed E-state index contributed by atoms with van der Waals surface area (Å²) < 4.78 is 5.52. The summed E-state index contributed by atoms with van der Waals surface area (Å²) >= 11 is 3.31. The zero-order valence-corrected chi connectivity index (χ0v) is 14.2. The number of carbonyl (C=O) groups is 3. The van der Waals surface area contributed by atoms with Crippen LogP contribution in [-0.2, 0) is 25.5 Å². The number of esters is 1. The van der Waals surface area contributed by atoms with E-state index in [1.165, 1.54) is 7.11 Å². The third-order valence-electron chi connectivity index (χ3n) is 3.05. The molecule has 0 spiro atoms. The van der Waals surface area contributed by atoms with Gasteiger partial charge in [0.2, 0.25) is 0 Å². The monoisotopic (exact) mass is 354 g/mol. The fourth-order valence-electron chi connectivity index (χ4n) is 1.84. The number of hydrogen-bond acceptors (Lipinski definition) is 4. The van der Waals surface area contributed by atoms with Crippen LogP contribution in [-0.4, -0.2) is 24.6 Å². The molecule has 21 heavy (non-hydrogen) atoms. The lowest BCUT2D eigenvalue weighted by Crippen LogP contribution is -2.40. The van der Waals surface area contributed by atoms with Crippen LogP contribution in [0.25, 0.3) is 0 Å². The number of carbonyl (C=O) groups excluding carboxylic acids is 3. The van der Waals surface area contributed by atoms with Crippen molar-refractivity contribution in [1.82, 2.24) is 0 Å². The van der Waals surface area contributed by atoms with E-state index in [1.54, 1.807) is 45.0 Å². The normalized spacial score (nSPS) is 12.6. The summed E-state index contributed by atoms with van der Waals surface area (Å²) in [5.74, 6) is -3.02. The molecule has 0 aliphatic carbocycles. The second-order valence-corrected chi connectivity index (χ2v) is 6.76. The average Bonchev–Trinajstić information content (AvgIpc) is 2.40. The van der Waals surface area contributed by atoms with Crippen LogP contribution in [0.5, 0.6) is 0 Å². The second kappa shape index (κ2) is 6.98. The average molecular weight is 355 g/mol. The molecule has 0 fully saturated rings. The molecule has 0 heterocycles. The minimum Gasteiger partial charge on any atom is -0.468 e. The molecule has 1 rings (SSSR count). The van der Waals surface area contributed by atoms with Crippen molar-refractivity contribution in [1.29, 1.82) is 0 Å². The Hall–Kier alpha value is -1.49. The third-order valence-corrected chi connectivity index (χ3v) is 3.58. The zero-order valence-electron chi connectivity index (χ0n) is 12.6. The smallest absolute Gasteiger partial charge is 0.323 e. The van der Waals surface area contributed by atoms with Gasteiger partial charge >= 0.3 is 5.97 Å². The first-order valence-corrected chi connectivity index (χ1v) is 7.35. The Labute approximate surface area is 133 Å². The molecule has 1 aromatic rings. The van der Waals surface area contributed by atoms with Gasteiger partial charge in [0.15, 0.2) is 17.5 Å². The van der Waals surface area contributed by atoms with E-state index in [0.29, 0.717) is 0 Å². The van der Waals surface area contributed by atoms with Gasteiger partial charge in [-0.3, -0.25) is 14.4 Å². The van der Waals surface area contributed by atoms with Gasteiger partial charge in [-0.05, 0) is 17.7 Å². The molecular weight excluding hydrogens is 336 g/mol. The number of methoxy groups -OCH3 is 1. The van der Waals surface area contributed by atoms with Crippen molar-refractivity contribution in [3.8, 4) is 0 Å². The highest BCUT2D eigenvalue weighted by molar-refractivity contribution is 9.10. The molecule has 0 amide bonds. The molecular formula is C16H19BrO4. The Bertz CT molecular complexity index is 540. The van der Waals surface area contributed by atoms with Crippen molar-refractivity contribution >= 4 is 33.5 Å². The molecule has 0 bridgehead atoms. The van der Waals surface area contributed by atoms with E-state index < -0.39 is 28.9 Å². The lowest BCUT2D eigenvalue weighted by molar-refractivity contribution is -0.155. The maximum Gasteiger partial charge on any atom is 0.323 e. The number of hydrogen-bond donors (Lipinski definition) is 0. The maximum atomic E-state index is 12.4. The molecule has 0 unspecified atom stereocenters. The molecule has 4 nitrogen and oxygen atoms in total. The van der Waals surface area contributed by atoms with Crippen LogP contribution in [0.1, 0.15) is 26.3 Å². The minimum atomic E-state index is -1.36. The van der Waals surface area contributed by atoms with Gasteiger partial charge in [0.05, 0.1) is 7.11 Å². The summed E-state index contributed by atoms with van der Waals surface area (Å²) in [4.78, 5) is 36.5. The van der Waals surface area contributed by atoms with E-state index in [2.05, 4.69) is 20.7 Å². The van der Waals surface area contributed by atoms with Crippen molar-refractivity contribution in [3.05, 3.63) is 34.3 Å². The van der Waals surface area contributed by atoms with Crippen molar-refractivity contribution < 1.29 is 19.1 Å². The standard InChI is InChI=1S/C16H19BrO4/c1-16(2,3)14(19)13(15(20)21-4)12(18)9-10-5-7-11(17)8-6-10/h5-8,13H,9H2,1-4H3/t13-/m1/s1. The number of rotatable bonds is 5. The molecule has 1 aromatic carbocycles. The van der Waals surface area contributed by atoms with Gasteiger partial charge in [0, 0.05) is 16.3 Å². The molecule has 114 valence electrons. The van der Waals surface area contributed by atoms with Crippen molar-refractivity contribution in [2.75, 3.05) is 7.11 Å². The fraction of sp³-hybridized carbons (Fsp3) is 0.438. The Morgan fingerprint density at radius 3 is 2.10 bits per heavy atom. The summed E-state index contributed by atoms with van der Waals surface area (Å²) in [6, 6.07) is 7.17. The number of benzene rings is 1. The van der Waals surface area contributed by atoms with Crippen LogP contribution in [0.2, 0.25) is 0 Å². The summed E-state index contributed by atoms with van der Waals surface area (Å²) in [6.45, 7) is 5.04. The lowest BCUT2D eigenvalue weighted by Gasteiger charge is -2.22. The molecule has 0 aliphatic heterocycles. The first-order chi connectivity index (χ1) is 9.66. The second-order valence-electron chi connectivity index (χ2n) is 5.84. The van der Waals surface area contributed by atoms with Crippen molar-refractivity contribution in [2.45, 2.75) is 27.2 Å². The minimum absolute atomic E-state index is 0.0227. The number of halogens is 1. The number of Topliss-reactive ketones (excluding diaryl/α,β-unsaturated/α-hetero) is 2. The molecule has 0 radical (unpaired) electrons. The predicted octanol–water partition coefficient (Wildman–Crippen LogP) is 2.97. The van der Waals surface area contributed by atoms with Crippen LogP contribution >= 0.6 is 15.9 Å². The quantitative estimate of drug-likeness (QED) is 0.602. The van der Waals surface area contributed by atoms with Crippen LogP contribution in [0.4, 0.5) is 0 Å². The van der Waals surface area contributed by atoms with E-state index in [1.807, 2.05) is 0 Å². The predicted molar refractivity (Wildman–Crippen MR) is 82.8 cm³/mol. The Kier molecular flexibility index (Phi) is 5.84. The summed E-state index contributed by atoms with van der Waals surface area (Å²) in [5.41, 5.74) is -0.0346. The van der Waals surface area contributed by atoms with Crippen LogP contribution in [0, 0.1) is 11.3 Å². The van der Waals surface area contributed by atoms with Crippen LogP contribution < -0.4 is 0 Å². The topological polar surface area (TPSA) is 60.4 Å². The van der Waals surface area contributed by atoms with Gasteiger partial charge in [-0.1, -0.05) is 48.8 Å². The van der Waals surface area contributed by atoms with E-state index >= 15 is 0 Å². The number of ether oxygens (including phenoxy) is 1. The Morgan fingerprint density at radius 2 is 1.67 bits per heavy atom. The zero-order chi connectivity index (χ0) is 16.2. The van der Waals surface area contributed by atoms with E-state index in [-0.39, 0.29) is 6.42 Å². The SMILES string of the molecule is COC(=O)[C@H](C(=O)Cc1ccc(Br)cc1)C(=O)C(C)(C)C. The fourth-order valence-corrected chi connectivity index (χ4v) is 2.11. The van der Waals surface area contributed by atoms with Gasteiger partial charge in [-0.25, -0.2) is 0 Å². The highest BCUT2D eigenvalue weighted by Gasteiger charge is 2.40. The van der Waals surface area contributed by atoms with Crippen molar-refractivity contribution in [2.24, 2.45) is 11.3 Å². The first kappa shape index (κ1) is 17.6. The van der Waals surface area contributed by atoms with Gasteiger partial charge in [0.1, 0.15) is 0 Å². The first-order valence-electron chi connectivity index (χ1n) is 6.56. The highest BCUT2D eigenvalue weighted by Crippen LogP contribution is 2.23. The number of ketones is 2.